The van der Waals surface area contributed by atoms with Gasteiger partial charge in [0, 0.05) is 16.5 Å². The number of benzene rings is 4. The number of aryl methyl sites for hydroxylation is 6. The van der Waals surface area contributed by atoms with E-state index in [2.05, 4.69) is 102 Å². The third-order valence-electron chi connectivity index (χ3n) is 6.36. The summed E-state index contributed by atoms with van der Waals surface area (Å²) in [5.74, 6) is 0. The van der Waals surface area contributed by atoms with Crippen molar-refractivity contribution in [2.24, 2.45) is 9.98 Å². The molecule has 184 valence electrons. The van der Waals surface area contributed by atoms with Gasteiger partial charge in [0.15, 0.2) is 0 Å². The molecule has 0 unspecified atom stereocenters. The molecule has 1 aliphatic carbocycles. The molecule has 0 atom stereocenters. The molecule has 0 aliphatic heterocycles. The van der Waals surface area contributed by atoms with E-state index >= 15 is 0 Å². The maximum Gasteiger partial charge on any atom is 3.00 e. The van der Waals surface area contributed by atoms with E-state index in [9.17, 15) is 0 Å². The Kier molecular flexibility index (Phi) is 11.3. The van der Waals surface area contributed by atoms with Crippen molar-refractivity contribution in [3.05, 3.63) is 105 Å². The summed E-state index contributed by atoms with van der Waals surface area (Å²) in [6.07, 6.45) is 0. The van der Waals surface area contributed by atoms with Crippen LogP contribution in [-0.2, 0) is 0 Å². The Bertz CT molecular complexity index is 1340. The van der Waals surface area contributed by atoms with Crippen molar-refractivity contribution >= 4 is 59.8 Å². The monoisotopic (exact) mass is 730 g/mol. The fourth-order valence-electron chi connectivity index (χ4n) is 5.14. The second kappa shape index (κ2) is 12.7. The van der Waals surface area contributed by atoms with E-state index in [0.29, 0.717) is 0 Å². The maximum atomic E-state index is 5.28. The van der Waals surface area contributed by atoms with Gasteiger partial charge in [-0.05, 0) is 69.2 Å². The Balaban J connectivity index is 0.00000162. The first kappa shape index (κ1) is 32.3. The first-order chi connectivity index (χ1) is 15.3. The molecule has 6 heteroatoms. The Morgan fingerprint density at radius 3 is 1.17 bits per heavy atom. The first-order valence-corrected chi connectivity index (χ1v) is 11.2. The van der Waals surface area contributed by atoms with E-state index in [1.165, 1.54) is 55.3 Å². The third-order valence-corrected chi connectivity index (χ3v) is 6.36. The smallest absolute Gasteiger partial charge is 1.00 e. The Morgan fingerprint density at radius 2 is 0.833 bits per heavy atom. The van der Waals surface area contributed by atoms with Crippen LogP contribution in [0.3, 0.4) is 0 Å². The fraction of sp³-hybridized carbons (Fsp3) is 0.200. The van der Waals surface area contributed by atoms with Crippen molar-refractivity contribution in [3.8, 4) is 0 Å². The number of halogens is 3. The zero-order valence-corrected chi connectivity index (χ0v) is 27.0. The molecule has 4 aromatic rings. The average Bonchev–Trinajstić information content (AvgIpc) is 3.02. The van der Waals surface area contributed by atoms with E-state index < -0.39 is 0 Å². The Hall–Kier alpha value is -1.77. The van der Waals surface area contributed by atoms with Crippen molar-refractivity contribution in [3.63, 3.8) is 0 Å². The molecule has 0 fully saturated rings. The molecule has 0 spiro atoms. The average molecular weight is 732 g/mol. The molecule has 0 saturated carbocycles. The van der Waals surface area contributed by atoms with Gasteiger partial charge in [-0.2, -0.15) is 0 Å². The first-order valence-electron chi connectivity index (χ1n) is 11.2. The number of aliphatic imine (C=N–C) groups is 2. The molecule has 1 aliphatic rings. The molecular weight excluding hydrogens is 704 g/mol. The summed E-state index contributed by atoms with van der Waals surface area (Å²) in [4.78, 5) is 10.6. The Labute approximate surface area is 252 Å². The molecule has 0 saturated heterocycles. The Morgan fingerprint density at radius 1 is 0.500 bits per heavy atom. The van der Waals surface area contributed by atoms with Gasteiger partial charge < -0.3 is 37.2 Å². The van der Waals surface area contributed by atoms with E-state index in [1.807, 2.05) is 0 Å². The van der Waals surface area contributed by atoms with Gasteiger partial charge in [-0.3, -0.25) is 0 Å². The van der Waals surface area contributed by atoms with Crippen LogP contribution in [0.25, 0.3) is 10.8 Å². The minimum atomic E-state index is 0. The zero-order valence-electron chi connectivity index (χ0n) is 21.2. The van der Waals surface area contributed by atoms with E-state index in [4.69, 9.17) is 9.98 Å². The van der Waals surface area contributed by atoms with Crippen LogP contribution in [0.5, 0.6) is 0 Å². The molecule has 0 amide bonds. The van der Waals surface area contributed by atoms with Crippen LogP contribution in [-0.4, -0.2) is 37.6 Å². The molecular formula is C30H28BiCl3N2. The predicted octanol–water partition coefficient (Wildman–Crippen LogP) is -1.42. The van der Waals surface area contributed by atoms with Gasteiger partial charge in [0.25, 0.3) is 0 Å². The topological polar surface area (TPSA) is 24.7 Å². The van der Waals surface area contributed by atoms with E-state index in [0.717, 1.165) is 22.8 Å². The van der Waals surface area contributed by atoms with Crippen LogP contribution in [0.1, 0.15) is 44.5 Å². The number of hydrogen-bond donors (Lipinski definition) is 0. The molecule has 2 nitrogen and oxygen atoms in total. The predicted molar refractivity (Wildman–Crippen MR) is 143 cm³/mol. The van der Waals surface area contributed by atoms with Gasteiger partial charge in [-0.25, -0.2) is 9.98 Å². The van der Waals surface area contributed by atoms with E-state index in [-0.39, 0.29) is 63.4 Å². The zero-order chi connectivity index (χ0) is 22.6. The largest absolute Gasteiger partial charge is 3.00 e. The van der Waals surface area contributed by atoms with E-state index in [1.54, 1.807) is 0 Å². The molecule has 36 heavy (non-hydrogen) atoms. The summed E-state index contributed by atoms with van der Waals surface area (Å²) >= 11 is 0. The summed E-state index contributed by atoms with van der Waals surface area (Å²) in [6, 6.07) is 21.8. The summed E-state index contributed by atoms with van der Waals surface area (Å²) < 4.78 is 0. The minimum Gasteiger partial charge on any atom is -1.00 e. The van der Waals surface area contributed by atoms with Gasteiger partial charge in [-0.15, -0.1) is 0 Å². The second-order valence-corrected chi connectivity index (χ2v) is 9.12. The normalized spacial score (nSPS) is 13.6. The standard InChI is InChI=1S/C30H28N2.Bi.3ClH/c1-17-13-19(3)27(20(4)14-17)31-29-24-11-7-9-23-10-8-12-25(26(23)24)30(29)32-28-21(5)15-18(2)16-22(28)6;;;;/h7-16H,1-6H3;;3*1H/q;+3;;;/p-3. The molecule has 0 aromatic heterocycles. The minimum absolute atomic E-state index is 0. The number of rotatable bonds is 2. The van der Waals surface area contributed by atoms with Crippen LogP contribution < -0.4 is 37.2 Å². The van der Waals surface area contributed by atoms with Crippen molar-refractivity contribution in [1.29, 1.82) is 0 Å². The molecule has 0 N–H and O–H groups in total. The number of nitrogens with zero attached hydrogens (tertiary/aromatic N) is 2. The molecule has 0 heterocycles. The van der Waals surface area contributed by atoms with Gasteiger partial charge in [-0.1, -0.05) is 71.8 Å². The summed E-state index contributed by atoms with van der Waals surface area (Å²) in [6.45, 7) is 12.9. The third kappa shape index (κ3) is 5.71. The maximum absolute atomic E-state index is 5.28. The van der Waals surface area contributed by atoms with Crippen molar-refractivity contribution < 1.29 is 37.2 Å². The van der Waals surface area contributed by atoms with Crippen molar-refractivity contribution in [1.82, 2.24) is 0 Å². The van der Waals surface area contributed by atoms with Crippen LogP contribution in [0.15, 0.2) is 70.6 Å². The van der Waals surface area contributed by atoms with Crippen LogP contribution >= 0.6 is 0 Å². The van der Waals surface area contributed by atoms with Crippen molar-refractivity contribution in [2.45, 2.75) is 41.5 Å². The van der Waals surface area contributed by atoms with Gasteiger partial charge >= 0.3 is 26.2 Å². The van der Waals surface area contributed by atoms with Gasteiger partial charge in [0.05, 0.1) is 22.8 Å². The van der Waals surface area contributed by atoms with Crippen LogP contribution in [0.4, 0.5) is 11.4 Å². The van der Waals surface area contributed by atoms with Crippen LogP contribution in [0, 0.1) is 41.5 Å². The van der Waals surface area contributed by atoms with Gasteiger partial charge in [0.2, 0.25) is 0 Å². The molecule has 5 rings (SSSR count). The molecule has 0 bridgehead atoms. The quantitative estimate of drug-likeness (QED) is 0.227. The fourth-order valence-corrected chi connectivity index (χ4v) is 5.14. The SMILES string of the molecule is Cc1cc(C)c(N=C2C(=Nc3c(C)cc(C)cc3C)c3cccc4cccc2c34)c(C)c1.[Bi+3].[Cl-].[Cl-].[Cl-]. The number of hydrogen-bond acceptors (Lipinski definition) is 2. The second-order valence-electron chi connectivity index (χ2n) is 9.12. The summed E-state index contributed by atoms with van der Waals surface area (Å²) in [7, 11) is 0. The molecule has 2 radical (unpaired) electrons. The summed E-state index contributed by atoms with van der Waals surface area (Å²) in [5.41, 5.74) is 13.7. The van der Waals surface area contributed by atoms with Crippen LogP contribution in [0.2, 0.25) is 0 Å². The van der Waals surface area contributed by atoms with Crippen molar-refractivity contribution in [2.75, 3.05) is 0 Å². The van der Waals surface area contributed by atoms with Gasteiger partial charge in [0.1, 0.15) is 0 Å². The summed E-state index contributed by atoms with van der Waals surface area (Å²) in [5, 5.41) is 2.48. The molecule has 4 aromatic carbocycles.